The fourth-order valence-electron chi connectivity index (χ4n) is 2.34. The molecule has 0 aliphatic rings. The average molecular weight is 393 g/mol. The number of carboxylic acids is 2. The SMILES string of the molecule is C=CC(=O)[O-].CCCCCCCC/C=C\CCCCCCCC(=O)[O-].[Ca+2]. The molecule has 0 unspecified atom stereocenters. The second kappa shape index (κ2) is 26.9. The van der Waals surface area contributed by atoms with E-state index in [1.165, 1.54) is 64.2 Å². The van der Waals surface area contributed by atoms with Crippen LogP contribution in [0.25, 0.3) is 0 Å². The normalized spacial score (nSPS) is 9.88. The van der Waals surface area contributed by atoms with Gasteiger partial charge < -0.3 is 19.8 Å². The molecule has 0 aliphatic heterocycles. The van der Waals surface area contributed by atoms with E-state index in [9.17, 15) is 9.90 Å². The van der Waals surface area contributed by atoms with Crippen LogP contribution in [0.2, 0.25) is 0 Å². The Labute approximate surface area is 190 Å². The summed E-state index contributed by atoms with van der Waals surface area (Å²) in [5, 5.41) is 19.4. The van der Waals surface area contributed by atoms with Crippen LogP contribution in [-0.4, -0.2) is 49.7 Å². The first-order chi connectivity index (χ1) is 12.0. The van der Waals surface area contributed by atoms with Crippen LogP contribution in [0.5, 0.6) is 0 Å². The molecule has 0 atom stereocenters. The number of allylic oxidation sites excluding steroid dienone is 2. The Bertz CT molecular complexity index is 354. The third-order valence-corrected chi connectivity index (χ3v) is 3.81. The number of aliphatic carboxylic acids is 2. The Balaban J connectivity index is -0.000000772. The zero-order valence-electron chi connectivity index (χ0n) is 16.7. The van der Waals surface area contributed by atoms with E-state index in [0.717, 1.165) is 25.3 Å². The molecule has 0 saturated heterocycles. The van der Waals surface area contributed by atoms with Crippen molar-refractivity contribution < 1.29 is 19.8 Å². The van der Waals surface area contributed by atoms with Crippen molar-refractivity contribution in [2.45, 2.75) is 96.8 Å². The molecule has 0 rings (SSSR count). The molecule has 4 nitrogen and oxygen atoms in total. The number of hydrogen-bond donors (Lipinski definition) is 0. The summed E-state index contributed by atoms with van der Waals surface area (Å²) >= 11 is 0. The molecule has 146 valence electrons. The monoisotopic (exact) mass is 392 g/mol. The first kappa shape index (κ1) is 30.4. The largest absolute Gasteiger partial charge is 2.00 e. The molecule has 26 heavy (non-hydrogen) atoms. The molecule has 0 bridgehead atoms. The van der Waals surface area contributed by atoms with Gasteiger partial charge >= 0.3 is 37.7 Å². The van der Waals surface area contributed by atoms with Gasteiger partial charge in [-0.05, 0) is 44.6 Å². The van der Waals surface area contributed by atoms with E-state index in [0.29, 0.717) is 0 Å². The zero-order valence-corrected chi connectivity index (χ0v) is 18.9. The average Bonchev–Trinajstić information content (AvgIpc) is 2.58. The van der Waals surface area contributed by atoms with Crippen LogP contribution >= 0.6 is 0 Å². The maximum Gasteiger partial charge on any atom is 2.00 e. The molecule has 0 fully saturated rings. The van der Waals surface area contributed by atoms with Gasteiger partial charge in [-0.2, -0.15) is 0 Å². The van der Waals surface area contributed by atoms with Gasteiger partial charge in [-0.25, -0.2) is 0 Å². The summed E-state index contributed by atoms with van der Waals surface area (Å²) in [7, 11) is 0. The number of carbonyl (C=O) groups excluding carboxylic acids is 2. The standard InChI is InChI=1S/C18H34O2.C3H4O2.Ca/c1-2-3-4-5-6-7-8-9-10-11-12-13-14-15-16-17-18(19)20;1-2-3(4)5;/h9-10H,2-8,11-17H2,1H3,(H,19,20);2H,1H2,(H,4,5);/q;;+2/p-2/b10-9-;;. The van der Waals surface area contributed by atoms with E-state index in [1.807, 2.05) is 0 Å². The Hall–Kier alpha value is -0.320. The van der Waals surface area contributed by atoms with E-state index < -0.39 is 11.9 Å². The minimum atomic E-state index is -1.23. The molecule has 0 aromatic heterocycles. The maximum atomic E-state index is 10.2. The van der Waals surface area contributed by atoms with Crippen LogP contribution in [0.4, 0.5) is 0 Å². The van der Waals surface area contributed by atoms with Gasteiger partial charge in [0.2, 0.25) is 0 Å². The third kappa shape index (κ3) is 34.9. The predicted molar refractivity (Wildman–Crippen MR) is 105 cm³/mol. The second-order valence-corrected chi connectivity index (χ2v) is 6.23. The van der Waals surface area contributed by atoms with Gasteiger partial charge in [-0.1, -0.05) is 77.0 Å². The summed E-state index contributed by atoms with van der Waals surface area (Å²) in [6, 6.07) is 0. The third-order valence-electron chi connectivity index (χ3n) is 3.81. The summed E-state index contributed by atoms with van der Waals surface area (Å²) in [6.45, 7) is 5.15. The van der Waals surface area contributed by atoms with E-state index in [1.54, 1.807) is 0 Å². The van der Waals surface area contributed by atoms with Gasteiger partial charge in [0.15, 0.2) is 0 Å². The summed E-state index contributed by atoms with van der Waals surface area (Å²) in [4.78, 5) is 19.4. The number of unbranched alkanes of at least 4 members (excludes halogenated alkanes) is 11. The molecule has 0 aromatic carbocycles. The van der Waals surface area contributed by atoms with Crippen molar-refractivity contribution in [3.63, 3.8) is 0 Å². The summed E-state index contributed by atoms with van der Waals surface area (Å²) in [5.41, 5.74) is 0. The van der Waals surface area contributed by atoms with Crippen molar-refractivity contribution in [3.05, 3.63) is 24.8 Å². The Morgan fingerprint density at radius 3 is 1.54 bits per heavy atom. The fraction of sp³-hybridized carbons (Fsp3) is 0.714. The van der Waals surface area contributed by atoms with Gasteiger partial charge in [-0.3, -0.25) is 0 Å². The van der Waals surface area contributed by atoms with Gasteiger partial charge in [0.05, 0.1) is 5.97 Å². The zero-order chi connectivity index (χ0) is 19.2. The maximum absolute atomic E-state index is 10.2. The van der Waals surface area contributed by atoms with Crippen molar-refractivity contribution >= 4 is 49.7 Å². The minimum Gasteiger partial charge on any atom is -0.550 e. The van der Waals surface area contributed by atoms with E-state index in [4.69, 9.17) is 9.90 Å². The van der Waals surface area contributed by atoms with Gasteiger partial charge in [0, 0.05) is 5.97 Å². The minimum absolute atomic E-state index is 0. The molecule has 5 heteroatoms. The molecule has 0 heterocycles. The van der Waals surface area contributed by atoms with Gasteiger partial charge in [0.25, 0.3) is 0 Å². The van der Waals surface area contributed by atoms with E-state index >= 15 is 0 Å². The smallest absolute Gasteiger partial charge is 0.550 e. The Morgan fingerprint density at radius 2 is 1.15 bits per heavy atom. The molecule has 0 radical (unpaired) electrons. The number of hydrogen-bond acceptors (Lipinski definition) is 4. The van der Waals surface area contributed by atoms with Crippen molar-refractivity contribution in [3.8, 4) is 0 Å². The summed E-state index contributed by atoms with van der Waals surface area (Å²) in [6.07, 6.45) is 21.6. The molecule has 0 N–H and O–H groups in total. The van der Waals surface area contributed by atoms with Gasteiger partial charge in [-0.15, -0.1) is 0 Å². The fourth-order valence-corrected chi connectivity index (χ4v) is 2.34. The first-order valence-electron chi connectivity index (χ1n) is 9.72. The van der Waals surface area contributed by atoms with E-state index in [-0.39, 0.29) is 44.2 Å². The number of carbonyl (C=O) groups is 2. The second-order valence-electron chi connectivity index (χ2n) is 6.23. The van der Waals surface area contributed by atoms with Gasteiger partial charge in [0.1, 0.15) is 0 Å². The topological polar surface area (TPSA) is 80.3 Å². The molecule has 0 spiro atoms. The molecule has 0 amide bonds. The van der Waals surface area contributed by atoms with Crippen LogP contribution in [0.1, 0.15) is 96.8 Å². The van der Waals surface area contributed by atoms with Crippen molar-refractivity contribution in [2.75, 3.05) is 0 Å². The molecule has 0 aliphatic carbocycles. The van der Waals surface area contributed by atoms with Crippen molar-refractivity contribution in [2.24, 2.45) is 0 Å². The molecular weight excluding hydrogens is 356 g/mol. The van der Waals surface area contributed by atoms with E-state index in [2.05, 4.69) is 25.7 Å². The van der Waals surface area contributed by atoms with Crippen molar-refractivity contribution in [1.82, 2.24) is 0 Å². The Kier molecular flexibility index (Phi) is 31.5. The first-order valence-corrected chi connectivity index (χ1v) is 9.72. The summed E-state index contributed by atoms with van der Waals surface area (Å²) < 4.78 is 0. The van der Waals surface area contributed by atoms with Crippen LogP contribution in [0, 0.1) is 0 Å². The number of carboxylic acid groups (broad SMARTS) is 2. The molecule has 0 saturated carbocycles. The number of rotatable bonds is 16. The van der Waals surface area contributed by atoms with Crippen LogP contribution in [0.3, 0.4) is 0 Å². The van der Waals surface area contributed by atoms with Crippen LogP contribution < -0.4 is 10.2 Å². The molecular formula is C21H36CaO4. The van der Waals surface area contributed by atoms with Crippen LogP contribution in [0.15, 0.2) is 24.8 Å². The van der Waals surface area contributed by atoms with Crippen LogP contribution in [-0.2, 0) is 9.59 Å². The quantitative estimate of drug-likeness (QED) is 0.175. The van der Waals surface area contributed by atoms with Crippen molar-refractivity contribution in [1.29, 1.82) is 0 Å². The Morgan fingerprint density at radius 1 is 0.769 bits per heavy atom. The predicted octanol–water partition coefficient (Wildman–Crippen LogP) is 3.32. The molecule has 0 aromatic rings. The summed E-state index contributed by atoms with van der Waals surface area (Å²) in [5.74, 6) is -2.15.